The van der Waals surface area contributed by atoms with Crippen LogP contribution < -0.4 is 21.3 Å². The molecule has 6 aromatic rings. The van der Waals surface area contributed by atoms with Crippen molar-refractivity contribution < 1.29 is 66.6 Å². The average Bonchev–Trinajstić information content (AvgIpc) is 3.73. The minimum atomic E-state index is -4.88. The van der Waals surface area contributed by atoms with Gasteiger partial charge in [-0.05, 0) is 79.5 Å². The quantitative estimate of drug-likeness (QED) is 0.0284. The van der Waals surface area contributed by atoms with E-state index in [4.69, 9.17) is 4.74 Å². The molecule has 395 valence electrons. The van der Waals surface area contributed by atoms with Crippen molar-refractivity contribution in [2.24, 2.45) is 0 Å². The molecule has 6 amide bonds. The van der Waals surface area contributed by atoms with Gasteiger partial charge in [-0.3, -0.25) is 43.6 Å². The molecule has 1 aliphatic rings. The summed E-state index contributed by atoms with van der Waals surface area (Å²) >= 11 is 0. The minimum Gasteiger partial charge on any atom is -0.748 e. The second-order valence-electron chi connectivity index (χ2n) is 16.2. The number of nitrogens with one attached hydrogen (secondary N) is 4. The van der Waals surface area contributed by atoms with Crippen LogP contribution in [0.5, 0.6) is 0 Å². The van der Waals surface area contributed by atoms with E-state index in [2.05, 4.69) is 53.3 Å². The van der Waals surface area contributed by atoms with E-state index in [1.807, 2.05) is 104 Å². The second kappa shape index (κ2) is 32.5. The summed E-state index contributed by atoms with van der Waals surface area (Å²) in [6.45, 7) is 2.60. The van der Waals surface area contributed by atoms with Gasteiger partial charge in [-0.1, -0.05) is 24.3 Å². The van der Waals surface area contributed by atoms with Gasteiger partial charge in [-0.25, -0.2) is 8.42 Å². The van der Waals surface area contributed by atoms with Crippen molar-refractivity contribution in [3.8, 4) is 33.9 Å². The normalized spacial score (nSPS) is 11.9. The maximum atomic E-state index is 12.6. The fourth-order valence-corrected chi connectivity index (χ4v) is 7.41. The third kappa shape index (κ3) is 23.0. The van der Waals surface area contributed by atoms with E-state index >= 15 is 0 Å². The number of hydrogen-bond acceptors (Lipinski definition) is 14. The van der Waals surface area contributed by atoms with Gasteiger partial charge in [0.05, 0.1) is 47.0 Å². The molecule has 1 aliphatic heterocycles. The van der Waals surface area contributed by atoms with Crippen molar-refractivity contribution in [1.29, 1.82) is 0 Å². The van der Waals surface area contributed by atoms with Gasteiger partial charge in [0.2, 0.25) is 23.6 Å². The summed E-state index contributed by atoms with van der Waals surface area (Å²) in [7, 11) is -4.88. The Hall–Kier alpha value is -7.68. The Kier molecular flexibility index (Phi) is 25.9. The Labute approximate surface area is 449 Å². The molecule has 7 rings (SSSR count). The van der Waals surface area contributed by atoms with E-state index in [0.717, 1.165) is 33.0 Å². The van der Waals surface area contributed by atoms with E-state index in [1.54, 1.807) is 30.7 Å². The molecule has 0 fully saturated rings. The predicted octanol–water partition coefficient (Wildman–Crippen LogP) is 5.03. The Morgan fingerprint density at radius 1 is 0.640 bits per heavy atom. The number of rotatable bonds is 23. The van der Waals surface area contributed by atoms with Crippen molar-refractivity contribution in [2.75, 3.05) is 43.9 Å². The molecule has 4 N–H and O–H groups in total. The van der Waals surface area contributed by atoms with E-state index in [0.29, 0.717) is 29.9 Å². The van der Waals surface area contributed by atoms with Gasteiger partial charge in [0, 0.05) is 95.1 Å². The number of benzene rings is 2. The van der Waals surface area contributed by atoms with E-state index < -0.39 is 45.5 Å². The van der Waals surface area contributed by atoms with Crippen LogP contribution in [0.3, 0.4) is 0 Å². The van der Waals surface area contributed by atoms with E-state index in [-0.39, 0.29) is 90.5 Å². The number of aromatic nitrogens is 4. The predicted molar refractivity (Wildman–Crippen MR) is 275 cm³/mol. The number of nitrogens with zero attached hydrogens (tertiary/aromatic N) is 5. The topological polar surface area (TPSA) is 272 Å². The van der Waals surface area contributed by atoms with Crippen LogP contribution in [0.15, 0.2) is 146 Å². The van der Waals surface area contributed by atoms with Crippen LogP contribution in [-0.2, 0) is 63.7 Å². The first-order valence-corrected chi connectivity index (χ1v) is 25.2. The molecule has 1 atom stereocenters. The molecule has 1 radical (unpaired) electrons. The largest absolute Gasteiger partial charge is 0.748 e. The summed E-state index contributed by atoms with van der Waals surface area (Å²) in [5.41, 5.74) is 6.71. The van der Waals surface area contributed by atoms with Crippen LogP contribution in [0.1, 0.15) is 44.1 Å². The number of carbonyl (C=O) groups is 6. The number of ether oxygens (including phenoxy) is 1. The minimum absolute atomic E-state index is 0. The van der Waals surface area contributed by atoms with Crippen molar-refractivity contribution >= 4 is 51.2 Å². The molecule has 0 saturated heterocycles. The summed E-state index contributed by atoms with van der Waals surface area (Å²) in [6.07, 6.45) is 9.81. The van der Waals surface area contributed by atoms with Gasteiger partial charge in [-0.15, -0.1) is 71.8 Å². The Morgan fingerprint density at radius 2 is 1.21 bits per heavy atom. The summed E-state index contributed by atoms with van der Waals surface area (Å²) in [4.78, 5) is 90.5. The van der Waals surface area contributed by atoms with Crippen LogP contribution in [0.2, 0.25) is 0 Å². The zero-order valence-corrected chi connectivity index (χ0v) is 44.2. The molecule has 0 aliphatic carbocycles. The number of carbonyl (C=O) groups excluding carboxylic acids is 6. The van der Waals surface area contributed by atoms with E-state index in [1.165, 1.54) is 18.3 Å². The molecule has 5 heterocycles. The standard InChI is InChI=1S/C32H41N7O10S.2C11H8N.Ir/c1-22-10-13-33-24(19-22)25-20-23(11-14-34-25)37-28(41)6-4-7-29(42)38-26(21-50(46,47)48)32(45)36-12-3-2-5-27(40)35-15-17-49-18-16-39-30(43)8-9-31(39)44;2*1-2-6-10(7-3-1)11-8-4-5-9-12-11;/h8-11,13-14,19-20,26H,2-7,12,15-18,21H2,1H3,(H,35,40)(H,36,45)(H,38,42)(H,34,37,41)(H,46,47,48);2*1-6,8-9H;/q;2*-1;/p-1. The fraction of sp³-hybridized carbons (Fsp3) is 0.259. The van der Waals surface area contributed by atoms with Crippen molar-refractivity contribution in [3.05, 3.63) is 164 Å². The van der Waals surface area contributed by atoms with Crippen molar-refractivity contribution in [1.82, 2.24) is 40.8 Å². The molecular formula is C54H56IrN9O10S-3. The first-order valence-electron chi connectivity index (χ1n) is 23.6. The molecule has 1 unspecified atom stereocenters. The third-order valence-electron chi connectivity index (χ3n) is 10.4. The number of imide groups is 1. The monoisotopic (exact) mass is 1220 g/mol. The Bertz CT molecular complexity index is 2740. The van der Waals surface area contributed by atoms with Crippen molar-refractivity contribution in [3.63, 3.8) is 0 Å². The molecular weight excluding hydrogens is 1160 g/mol. The maximum absolute atomic E-state index is 12.6. The molecule has 0 bridgehead atoms. The molecule has 75 heavy (non-hydrogen) atoms. The Morgan fingerprint density at radius 3 is 1.79 bits per heavy atom. The SMILES string of the molecule is Cc1ccnc(-c2cc(NC(=O)CCCC(=O)NC(CS(=O)(=O)[O-])C(=O)NCCCCC(=O)NCCOCCN3C(=O)C=CC3=O)ccn2)c1.[Ir].[c-]1ccccc1-c1ccccn1.[c-]1ccccc1-c1ccccn1. The molecule has 21 heteroatoms. The zero-order valence-electron chi connectivity index (χ0n) is 41.0. The zero-order chi connectivity index (χ0) is 53.0. The number of hydrogen-bond donors (Lipinski definition) is 4. The maximum Gasteiger partial charge on any atom is 0.253 e. The van der Waals surface area contributed by atoms with Crippen LogP contribution in [0, 0.1) is 19.1 Å². The number of aryl methyl sites for hydroxylation is 1. The molecule has 0 spiro atoms. The Balaban J connectivity index is 0.000000389. The summed E-state index contributed by atoms with van der Waals surface area (Å²) in [5.74, 6) is -4.19. The van der Waals surface area contributed by atoms with Gasteiger partial charge in [0.25, 0.3) is 11.8 Å². The average molecular weight is 1220 g/mol. The van der Waals surface area contributed by atoms with Gasteiger partial charge in [0.1, 0.15) is 6.04 Å². The molecule has 2 aromatic carbocycles. The first-order chi connectivity index (χ1) is 35.7. The van der Waals surface area contributed by atoms with E-state index in [9.17, 15) is 41.7 Å². The number of pyridine rings is 4. The van der Waals surface area contributed by atoms with Crippen LogP contribution in [0.4, 0.5) is 5.69 Å². The molecule has 4 aromatic heterocycles. The van der Waals surface area contributed by atoms with Gasteiger partial charge < -0.3 is 40.5 Å². The second-order valence-corrected chi connectivity index (χ2v) is 17.7. The van der Waals surface area contributed by atoms with Crippen molar-refractivity contribution in [2.45, 2.75) is 51.5 Å². The first kappa shape index (κ1) is 59.9. The van der Waals surface area contributed by atoms with Gasteiger partial charge in [-0.2, -0.15) is 0 Å². The van der Waals surface area contributed by atoms with Gasteiger partial charge in [0.15, 0.2) is 0 Å². The molecule has 0 saturated carbocycles. The molecule has 19 nitrogen and oxygen atoms in total. The smallest absolute Gasteiger partial charge is 0.253 e. The van der Waals surface area contributed by atoms with Gasteiger partial charge >= 0.3 is 0 Å². The number of anilines is 1. The number of unbranched alkanes of at least 4 members (excludes halogenated alkanes) is 1. The third-order valence-corrected chi connectivity index (χ3v) is 11.2. The van der Waals surface area contributed by atoms with Crippen LogP contribution in [-0.4, -0.2) is 118 Å². The summed E-state index contributed by atoms with van der Waals surface area (Å²) in [5, 5.41) is 10.1. The van der Waals surface area contributed by atoms with Crippen LogP contribution in [0.25, 0.3) is 33.9 Å². The fourth-order valence-electron chi connectivity index (χ4n) is 6.77. The summed E-state index contributed by atoms with van der Waals surface area (Å²) < 4.78 is 39.5. The summed E-state index contributed by atoms with van der Waals surface area (Å²) in [6, 6.07) is 39.0. The van der Waals surface area contributed by atoms with Crippen LogP contribution >= 0.6 is 0 Å². The number of amides is 6.